The number of halogens is 1. The van der Waals surface area contributed by atoms with Gasteiger partial charge in [0.15, 0.2) is 0 Å². The van der Waals surface area contributed by atoms with E-state index in [1.807, 2.05) is 24.3 Å². The highest BCUT2D eigenvalue weighted by molar-refractivity contribution is 9.10. The van der Waals surface area contributed by atoms with Crippen molar-refractivity contribution in [3.63, 3.8) is 0 Å². The molecule has 0 heterocycles. The number of hydrogen-bond donors (Lipinski definition) is 0. The van der Waals surface area contributed by atoms with Crippen LogP contribution in [0.15, 0.2) is 59.1 Å². The second kappa shape index (κ2) is 10.2. The summed E-state index contributed by atoms with van der Waals surface area (Å²) >= 11 is 3.43. The lowest BCUT2D eigenvalue weighted by atomic mass is 10.0. The Balaban J connectivity index is 0.000000238. The Labute approximate surface area is 148 Å². The quantitative estimate of drug-likeness (QED) is 0.436. The Morgan fingerprint density at radius 3 is 1.91 bits per heavy atom. The minimum absolute atomic E-state index is 0.532. The molecule has 0 atom stereocenters. The lowest BCUT2D eigenvalue weighted by Gasteiger charge is -2.05. The summed E-state index contributed by atoms with van der Waals surface area (Å²) in [4.78, 5) is 10.1. The van der Waals surface area contributed by atoms with Crippen LogP contribution in [0.25, 0.3) is 6.08 Å². The second-order valence-corrected chi connectivity index (χ2v) is 6.95. The summed E-state index contributed by atoms with van der Waals surface area (Å²) in [7, 11) is 0. The minimum atomic E-state index is 0.532. The first-order chi connectivity index (χ1) is 10.9. The van der Waals surface area contributed by atoms with Gasteiger partial charge in [-0.05, 0) is 46.7 Å². The van der Waals surface area contributed by atoms with Gasteiger partial charge in [-0.25, -0.2) is 0 Å². The maximum absolute atomic E-state index is 10.1. The number of benzene rings is 2. The van der Waals surface area contributed by atoms with Gasteiger partial charge in [-0.2, -0.15) is 0 Å². The van der Waals surface area contributed by atoms with Crippen LogP contribution < -0.4 is 0 Å². The maximum Gasteiger partial charge on any atom is 0.142 e. The van der Waals surface area contributed by atoms with Gasteiger partial charge in [-0.1, -0.05) is 86.1 Å². The average Bonchev–Trinajstić information content (AvgIpc) is 2.53. The summed E-state index contributed by atoms with van der Waals surface area (Å²) in [6, 6.07) is 16.6. The Bertz CT molecular complexity index is 642. The van der Waals surface area contributed by atoms with E-state index in [9.17, 15) is 4.79 Å². The van der Waals surface area contributed by atoms with Crippen molar-refractivity contribution in [1.82, 2.24) is 0 Å². The fourth-order valence-electron chi connectivity index (χ4n) is 2.04. The van der Waals surface area contributed by atoms with E-state index in [4.69, 9.17) is 0 Å². The van der Waals surface area contributed by atoms with Crippen molar-refractivity contribution in [3.05, 3.63) is 75.8 Å². The van der Waals surface area contributed by atoms with Crippen LogP contribution in [-0.4, -0.2) is 6.29 Å². The maximum atomic E-state index is 10.1. The van der Waals surface area contributed by atoms with Crippen molar-refractivity contribution in [2.24, 2.45) is 0 Å². The molecule has 2 aromatic carbocycles. The standard InChI is InChI=1S/C12H14O.C9H11Br/c1-10(2)12-7-3-5-11(9-12)6-4-8-13;1-7(2)8-4-3-5-9(10)6-8/h3-10H,1-2H3;3-7H,1-2H3/b6-4+;. The topological polar surface area (TPSA) is 17.1 Å². The molecule has 0 aliphatic rings. The fourth-order valence-corrected chi connectivity index (χ4v) is 2.45. The minimum Gasteiger partial charge on any atom is -0.299 e. The van der Waals surface area contributed by atoms with Crippen LogP contribution in [0.5, 0.6) is 0 Å². The van der Waals surface area contributed by atoms with Gasteiger partial charge in [0.05, 0.1) is 0 Å². The molecule has 2 aromatic rings. The molecule has 0 fully saturated rings. The Morgan fingerprint density at radius 1 is 0.870 bits per heavy atom. The average molecular weight is 373 g/mol. The van der Waals surface area contributed by atoms with Gasteiger partial charge >= 0.3 is 0 Å². The summed E-state index contributed by atoms with van der Waals surface area (Å²) in [5.41, 5.74) is 3.76. The normalized spacial score (nSPS) is 10.7. The Morgan fingerprint density at radius 2 is 1.43 bits per heavy atom. The van der Waals surface area contributed by atoms with Crippen molar-refractivity contribution < 1.29 is 4.79 Å². The van der Waals surface area contributed by atoms with Crippen LogP contribution in [0.1, 0.15) is 56.2 Å². The van der Waals surface area contributed by atoms with Gasteiger partial charge in [-0.3, -0.25) is 4.79 Å². The molecule has 122 valence electrons. The van der Waals surface area contributed by atoms with E-state index in [-0.39, 0.29) is 0 Å². The van der Waals surface area contributed by atoms with Crippen LogP contribution >= 0.6 is 15.9 Å². The molecule has 23 heavy (non-hydrogen) atoms. The molecule has 0 bridgehead atoms. The third-order valence-electron chi connectivity index (χ3n) is 3.46. The number of aldehydes is 1. The molecule has 0 N–H and O–H groups in total. The summed E-state index contributed by atoms with van der Waals surface area (Å²) in [6.45, 7) is 8.70. The summed E-state index contributed by atoms with van der Waals surface area (Å²) in [6.07, 6.45) is 4.13. The molecule has 0 saturated carbocycles. The lowest BCUT2D eigenvalue weighted by molar-refractivity contribution is -0.104. The fraction of sp³-hybridized carbons (Fsp3) is 0.286. The molecule has 2 heteroatoms. The van der Waals surface area contributed by atoms with Crippen molar-refractivity contribution in [1.29, 1.82) is 0 Å². The van der Waals surface area contributed by atoms with Gasteiger partial charge in [0.25, 0.3) is 0 Å². The van der Waals surface area contributed by atoms with E-state index in [0.717, 1.165) is 11.8 Å². The number of carbonyl (C=O) groups excluding carboxylic acids is 1. The van der Waals surface area contributed by atoms with Gasteiger partial charge in [0, 0.05) is 4.47 Å². The molecule has 1 nitrogen and oxygen atoms in total. The highest BCUT2D eigenvalue weighted by Gasteiger charge is 1.98. The first-order valence-corrected chi connectivity index (χ1v) is 8.70. The highest BCUT2D eigenvalue weighted by Crippen LogP contribution is 2.18. The molecule has 2 rings (SSSR count). The molecular weight excluding hydrogens is 348 g/mol. The highest BCUT2D eigenvalue weighted by atomic mass is 79.9. The van der Waals surface area contributed by atoms with Crippen LogP contribution in [0.4, 0.5) is 0 Å². The molecular formula is C21H25BrO. The third-order valence-corrected chi connectivity index (χ3v) is 3.95. The molecule has 0 spiro atoms. The smallest absolute Gasteiger partial charge is 0.142 e. The zero-order chi connectivity index (χ0) is 17.2. The predicted octanol–water partition coefficient (Wildman–Crippen LogP) is 6.59. The van der Waals surface area contributed by atoms with Gasteiger partial charge < -0.3 is 0 Å². The summed E-state index contributed by atoms with van der Waals surface area (Å²) in [5.74, 6) is 1.15. The van der Waals surface area contributed by atoms with Crippen molar-refractivity contribution in [2.45, 2.75) is 39.5 Å². The zero-order valence-corrected chi connectivity index (χ0v) is 15.9. The molecule has 0 aliphatic carbocycles. The second-order valence-electron chi connectivity index (χ2n) is 6.03. The Hall–Kier alpha value is -1.67. The van der Waals surface area contributed by atoms with Crippen molar-refractivity contribution in [3.8, 4) is 0 Å². The molecule has 0 unspecified atom stereocenters. The number of rotatable bonds is 4. The van der Waals surface area contributed by atoms with Gasteiger partial charge in [-0.15, -0.1) is 0 Å². The van der Waals surface area contributed by atoms with Crippen molar-refractivity contribution in [2.75, 3.05) is 0 Å². The van der Waals surface area contributed by atoms with E-state index in [1.54, 1.807) is 0 Å². The molecule has 0 aliphatic heterocycles. The van der Waals surface area contributed by atoms with Crippen LogP contribution in [0, 0.1) is 0 Å². The first kappa shape index (κ1) is 19.4. The number of carbonyl (C=O) groups is 1. The van der Waals surface area contributed by atoms with E-state index in [1.165, 1.54) is 21.7 Å². The van der Waals surface area contributed by atoms with E-state index in [0.29, 0.717) is 11.8 Å². The molecule has 0 radical (unpaired) electrons. The summed E-state index contributed by atoms with van der Waals surface area (Å²) < 4.78 is 1.17. The van der Waals surface area contributed by atoms with Gasteiger partial charge in [0.1, 0.15) is 6.29 Å². The largest absolute Gasteiger partial charge is 0.299 e. The van der Waals surface area contributed by atoms with Crippen LogP contribution in [0.3, 0.4) is 0 Å². The third kappa shape index (κ3) is 7.43. The monoisotopic (exact) mass is 372 g/mol. The van der Waals surface area contributed by atoms with Crippen molar-refractivity contribution >= 4 is 28.3 Å². The molecule has 0 amide bonds. The van der Waals surface area contributed by atoms with Crippen LogP contribution in [0.2, 0.25) is 0 Å². The summed E-state index contributed by atoms with van der Waals surface area (Å²) in [5, 5.41) is 0. The van der Waals surface area contributed by atoms with E-state index < -0.39 is 0 Å². The number of allylic oxidation sites excluding steroid dienone is 1. The zero-order valence-electron chi connectivity index (χ0n) is 14.3. The molecule has 0 aromatic heterocycles. The first-order valence-electron chi connectivity index (χ1n) is 7.91. The predicted molar refractivity (Wildman–Crippen MR) is 104 cm³/mol. The van der Waals surface area contributed by atoms with Crippen LogP contribution in [-0.2, 0) is 4.79 Å². The SMILES string of the molecule is CC(C)c1cccc(/C=C/C=O)c1.CC(C)c1cccc(Br)c1. The number of hydrogen-bond acceptors (Lipinski definition) is 1. The molecule has 0 saturated heterocycles. The van der Waals surface area contributed by atoms with E-state index in [2.05, 4.69) is 74.0 Å². The Kier molecular flexibility index (Phi) is 8.57. The van der Waals surface area contributed by atoms with Gasteiger partial charge in [0.2, 0.25) is 0 Å². The lowest BCUT2D eigenvalue weighted by Crippen LogP contribution is -1.86. The van der Waals surface area contributed by atoms with E-state index >= 15 is 0 Å².